The summed E-state index contributed by atoms with van der Waals surface area (Å²) in [6.07, 6.45) is 0. The minimum absolute atomic E-state index is 1.19. The molecule has 0 atom stereocenters. The van der Waals surface area contributed by atoms with Crippen molar-refractivity contribution in [2.45, 2.75) is 0 Å². The summed E-state index contributed by atoms with van der Waals surface area (Å²) in [4.78, 5) is 0. The summed E-state index contributed by atoms with van der Waals surface area (Å²) in [7, 11) is 0. The van der Waals surface area contributed by atoms with Gasteiger partial charge in [-0.2, -0.15) is 0 Å². The number of benzene rings is 7. The Morgan fingerprint density at radius 1 is 0.356 bits per heavy atom. The molecule has 3 heterocycles. The van der Waals surface area contributed by atoms with Gasteiger partial charge in [0.15, 0.2) is 0 Å². The lowest BCUT2D eigenvalue weighted by molar-refractivity contribution is 1.19. The van der Waals surface area contributed by atoms with Crippen molar-refractivity contribution in [1.82, 2.24) is 4.57 Å². The highest BCUT2D eigenvalue weighted by Crippen LogP contribution is 2.43. The van der Waals surface area contributed by atoms with E-state index in [1.165, 1.54) is 90.1 Å². The van der Waals surface area contributed by atoms with Crippen LogP contribution in [-0.2, 0) is 0 Å². The van der Waals surface area contributed by atoms with E-state index in [0.717, 1.165) is 0 Å². The first-order valence-electron chi connectivity index (χ1n) is 15.3. The van der Waals surface area contributed by atoms with Gasteiger partial charge in [-0.25, -0.2) is 0 Å². The molecule has 210 valence electrons. The predicted molar refractivity (Wildman–Crippen MR) is 197 cm³/mol. The Morgan fingerprint density at radius 2 is 1.04 bits per heavy atom. The summed E-state index contributed by atoms with van der Waals surface area (Å²) in [6, 6.07) is 55.9. The van der Waals surface area contributed by atoms with Gasteiger partial charge in [0, 0.05) is 56.8 Å². The molecule has 7 aromatic carbocycles. The van der Waals surface area contributed by atoms with Gasteiger partial charge < -0.3 is 4.57 Å². The normalized spacial score (nSPS) is 12.0. The van der Waals surface area contributed by atoms with Gasteiger partial charge >= 0.3 is 0 Å². The molecular weight excluding hydrogens is 583 g/mol. The first-order valence-corrected chi connectivity index (χ1v) is 16.9. The fraction of sp³-hybridized carbons (Fsp3) is 0. The standard InChI is InChI=1S/C42H25NS2/c1-2-9-26(10-3-1)27-17-20-31-35-23-28(30-13-8-16-40-42(30)34-12-5-7-15-39(34)44-40)18-22-36(35)43(37(31)24-27)29-19-21-33-32-11-4-6-14-38(32)45-41(33)25-29/h1-25H. The van der Waals surface area contributed by atoms with Crippen LogP contribution in [0, 0.1) is 0 Å². The van der Waals surface area contributed by atoms with Crippen LogP contribution >= 0.6 is 22.7 Å². The highest BCUT2D eigenvalue weighted by atomic mass is 32.1. The quantitative estimate of drug-likeness (QED) is 0.188. The van der Waals surface area contributed by atoms with Crippen LogP contribution in [0.5, 0.6) is 0 Å². The van der Waals surface area contributed by atoms with Crippen molar-refractivity contribution >= 4 is 84.8 Å². The van der Waals surface area contributed by atoms with Crippen LogP contribution in [0.25, 0.3) is 90.1 Å². The molecule has 0 aliphatic rings. The van der Waals surface area contributed by atoms with Gasteiger partial charge in [-0.3, -0.25) is 0 Å². The number of aromatic nitrogens is 1. The number of hydrogen-bond donors (Lipinski definition) is 0. The van der Waals surface area contributed by atoms with E-state index in [1.54, 1.807) is 0 Å². The molecule has 10 rings (SSSR count). The molecule has 0 amide bonds. The molecule has 0 unspecified atom stereocenters. The van der Waals surface area contributed by atoms with Crippen molar-refractivity contribution in [3.8, 4) is 27.9 Å². The van der Waals surface area contributed by atoms with Crippen LogP contribution < -0.4 is 0 Å². The van der Waals surface area contributed by atoms with Gasteiger partial charge in [0.25, 0.3) is 0 Å². The van der Waals surface area contributed by atoms with Crippen molar-refractivity contribution in [1.29, 1.82) is 0 Å². The van der Waals surface area contributed by atoms with Crippen molar-refractivity contribution in [2.75, 3.05) is 0 Å². The first kappa shape index (κ1) is 25.1. The molecule has 0 N–H and O–H groups in total. The molecule has 0 saturated carbocycles. The summed E-state index contributed by atoms with van der Waals surface area (Å²) in [5, 5.41) is 7.88. The first-order chi connectivity index (χ1) is 22.3. The topological polar surface area (TPSA) is 4.93 Å². The van der Waals surface area contributed by atoms with E-state index in [-0.39, 0.29) is 0 Å². The molecule has 0 saturated heterocycles. The lowest BCUT2D eigenvalue weighted by Crippen LogP contribution is -1.93. The summed E-state index contributed by atoms with van der Waals surface area (Å²) < 4.78 is 7.78. The minimum atomic E-state index is 1.19. The Balaban J connectivity index is 1.26. The maximum Gasteiger partial charge on any atom is 0.0547 e. The third-order valence-corrected chi connectivity index (χ3v) is 11.5. The molecular formula is C42H25NS2. The molecule has 0 bridgehead atoms. The zero-order chi connectivity index (χ0) is 29.5. The predicted octanol–water partition coefficient (Wildman–Crippen LogP) is 12.9. The average molecular weight is 608 g/mol. The van der Waals surface area contributed by atoms with E-state index < -0.39 is 0 Å². The minimum Gasteiger partial charge on any atom is -0.309 e. The van der Waals surface area contributed by atoms with Crippen molar-refractivity contribution in [3.63, 3.8) is 0 Å². The number of fused-ring (bicyclic) bond motifs is 9. The molecule has 0 spiro atoms. The molecule has 3 aromatic heterocycles. The summed E-state index contributed by atoms with van der Waals surface area (Å²) in [6.45, 7) is 0. The van der Waals surface area contributed by atoms with Gasteiger partial charge in [-0.05, 0) is 70.8 Å². The van der Waals surface area contributed by atoms with Crippen LogP contribution in [0.3, 0.4) is 0 Å². The van der Waals surface area contributed by atoms with Gasteiger partial charge in [-0.15, -0.1) is 22.7 Å². The molecule has 0 aliphatic heterocycles. The Kier molecular flexibility index (Phi) is 5.39. The largest absolute Gasteiger partial charge is 0.309 e. The molecule has 45 heavy (non-hydrogen) atoms. The van der Waals surface area contributed by atoms with Crippen LogP contribution in [0.4, 0.5) is 0 Å². The molecule has 0 aliphatic carbocycles. The maximum atomic E-state index is 2.46. The van der Waals surface area contributed by atoms with Crippen LogP contribution in [0.15, 0.2) is 152 Å². The molecule has 3 heteroatoms. The van der Waals surface area contributed by atoms with Gasteiger partial charge in [0.05, 0.1) is 11.0 Å². The van der Waals surface area contributed by atoms with Crippen LogP contribution in [0.2, 0.25) is 0 Å². The van der Waals surface area contributed by atoms with Crippen LogP contribution in [0.1, 0.15) is 0 Å². The second-order valence-electron chi connectivity index (χ2n) is 11.7. The fourth-order valence-corrected chi connectivity index (χ4v) is 9.42. The second-order valence-corrected chi connectivity index (χ2v) is 13.9. The summed E-state index contributed by atoms with van der Waals surface area (Å²) >= 11 is 3.75. The highest BCUT2D eigenvalue weighted by Gasteiger charge is 2.17. The second kappa shape index (κ2) is 9.64. The highest BCUT2D eigenvalue weighted by molar-refractivity contribution is 7.26. The summed E-state index contributed by atoms with van der Waals surface area (Å²) in [5.74, 6) is 0. The number of nitrogens with zero attached hydrogens (tertiary/aromatic N) is 1. The van der Waals surface area contributed by atoms with E-state index in [4.69, 9.17) is 0 Å². The van der Waals surface area contributed by atoms with Gasteiger partial charge in [-0.1, -0.05) is 103 Å². The van der Waals surface area contributed by atoms with E-state index in [0.29, 0.717) is 0 Å². The molecule has 0 radical (unpaired) electrons. The Morgan fingerprint density at radius 3 is 1.93 bits per heavy atom. The molecule has 1 nitrogen and oxygen atoms in total. The Labute approximate surface area is 267 Å². The lowest BCUT2D eigenvalue weighted by atomic mass is 9.97. The van der Waals surface area contributed by atoms with Gasteiger partial charge in [0.1, 0.15) is 0 Å². The van der Waals surface area contributed by atoms with E-state index in [9.17, 15) is 0 Å². The van der Waals surface area contributed by atoms with Gasteiger partial charge in [0.2, 0.25) is 0 Å². The average Bonchev–Trinajstić information content (AvgIpc) is 3.77. The number of rotatable bonds is 3. The zero-order valence-corrected chi connectivity index (χ0v) is 25.8. The van der Waals surface area contributed by atoms with Crippen molar-refractivity contribution < 1.29 is 0 Å². The Bertz CT molecular complexity index is 2760. The zero-order valence-electron chi connectivity index (χ0n) is 24.2. The van der Waals surface area contributed by atoms with E-state index in [1.807, 2.05) is 22.7 Å². The number of thiophene rings is 2. The third kappa shape index (κ3) is 3.78. The lowest BCUT2D eigenvalue weighted by Gasteiger charge is -2.10. The SMILES string of the molecule is c1ccc(-c2ccc3c4cc(-c5cccc6sc7ccccc7c56)ccc4n(-c4ccc5c(c4)sc4ccccc45)c3c2)cc1. The molecule has 0 fully saturated rings. The molecule has 10 aromatic rings. The van der Waals surface area contributed by atoms with Crippen molar-refractivity contribution in [2.24, 2.45) is 0 Å². The maximum absolute atomic E-state index is 2.46. The summed E-state index contributed by atoms with van der Waals surface area (Å²) in [5.41, 5.74) is 8.64. The third-order valence-electron chi connectivity index (χ3n) is 9.21. The van der Waals surface area contributed by atoms with E-state index in [2.05, 4.69) is 156 Å². The smallest absolute Gasteiger partial charge is 0.0547 e. The van der Waals surface area contributed by atoms with E-state index >= 15 is 0 Å². The Hall–Kier alpha value is -5.22. The fourth-order valence-electron chi connectivity index (χ4n) is 7.15. The van der Waals surface area contributed by atoms with Crippen molar-refractivity contribution in [3.05, 3.63) is 152 Å². The van der Waals surface area contributed by atoms with Crippen LogP contribution in [-0.4, -0.2) is 4.57 Å². The monoisotopic (exact) mass is 607 g/mol. The number of hydrogen-bond acceptors (Lipinski definition) is 2.